The molecule has 2 aliphatic heterocycles. The lowest BCUT2D eigenvalue weighted by Gasteiger charge is -2.33. The van der Waals surface area contributed by atoms with E-state index in [1.165, 1.54) is 11.3 Å². The van der Waals surface area contributed by atoms with Gasteiger partial charge in [-0.15, -0.1) is 0 Å². The molecule has 1 atom stereocenters. The standard InChI is InChI=1S/C25H26ClF2N3O4S2/c1-15-19(26)5-7-21-23(15)29-25(36-21)31(14-18-3-2-12-35-18)24(32)16-8-10-30(11-9-16)37(33,34)22-13-17(27)4-6-20(22)28/h4-7,13,16,18H,2-3,8-12,14H2,1H3. The molecule has 3 heterocycles. The molecule has 7 nitrogen and oxygen atoms in total. The van der Waals surface area contributed by atoms with Crippen molar-refractivity contribution in [2.45, 2.75) is 43.6 Å². The normalized spacial score (nSPS) is 19.5. The van der Waals surface area contributed by atoms with Crippen LogP contribution < -0.4 is 4.90 Å². The van der Waals surface area contributed by atoms with Gasteiger partial charge in [0.05, 0.1) is 22.9 Å². The SMILES string of the molecule is Cc1c(Cl)ccc2sc(N(CC3CCCO3)C(=O)C3CCN(S(=O)(=O)c4cc(F)ccc4F)CC3)nc12. The minimum absolute atomic E-state index is 0.0248. The molecule has 198 valence electrons. The maximum absolute atomic E-state index is 14.2. The van der Waals surface area contributed by atoms with E-state index >= 15 is 0 Å². The van der Waals surface area contributed by atoms with Crippen molar-refractivity contribution >= 4 is 54.2 Å². The molecule has 0 aliphatic carbocycles. The number of thiazole rings is 1. The summed E-state index contributed by atoms with van der Waals surface area (Å²) >= 11 is 7.68. The van der Waals surface area contributed by atoms with Crippen molar-refractivity contribution < 1.29 is 26.7 Å². The minimum Gasteiger partial charge on any atom is -0.376 e. The lowest BCUT2D eigenvalue weighted by molar-refractivity contribution is -0.123. The van der Waals surface area contributed by atoms with Gasteiger partial charge in [-0.05, 0) is 68.5 Å². The first-order chi connectivity index (χ1) is 17.6. The second-order valence-electron chi connectivity index (χ2n) is 9.35. The molecule has 2 saturated heterocycles. The fourth-order valence-corrected chi connectivity index (χ4v) is 7.57. The van der Waals surface area contributed by atoms with Crippen LogP contribution in [0.1, 0.15) is 31.2 Å². The number of hydrogen-bond acceptors (Lipinski definition) is 6. The number of rotatable bonds is 6. The molecule has 1 aromatic heterocycles. The third-order valence-electron chi connectivity index (χ3n) is 6.96. The third kappa shape index (κ3) is 5.24. The Balaban J connectivity index is 1.36. The number of amides is 1. The average Bonchev–Trinajstić information content (AvgIpc) is 3.56. The second-order valence-corrected chi connectivity index (χ2v) is 12.7. The molecule has 5 rings (SSSR count). The highest BCUT2D eigenvalue weighted by molar-refractivity contribution is 7.89. The molecule has 0 radical (unpaired) electrons. The highest BCUT2D eigenvalue weighted by atomic mass is 35.5. The Labute approximate surface area is 223 Å². The van der Waals surface area contributed by atoms with Gasteiger partial charge in [-0.25, -0.2) is 22.2 Å². The molecule has 0 spiro atoms. The molecule has 2 aliphatic rings. The van der Waals surface area contributed by atoms with E-state index < -0.39 is 32.5 Å². The number of aryl methyl sites for hydroxylation is 1. The van der Waals surface area contributed by atoms with Crippen LogP contribution in [0, 0.1) is 24.5 Å². The maximum Gasteiger partial charge on any atom is 0.246 e. The number of ether oxygens (including phenoxy) is 1. The number of carbonyl (C=O) groups is 1. The van der Waals surface area contributed by atoms with Crippen LogP contribution >= 0.6 is 22.9 Å². The number of piperidine rings is 1. The number of anilines is 1. The van der Waals surface area contributed by atoms with Crippen LogP contribution in [0.2, 0.25) is 5.02 Å². The zero-order valence-corrected chi connectivity index (χ0v) is 22.5. The first-order valence-corrected chi connectivity index (χ1v) is 14.7. The molecule has 0 saturated carbocycles. The van der Waals surface area contributed by atoms with E-state index in [1.54, 1.807) is 4.90 Å². The second kappa shape index (κ2) is 10.5. The van der Waals surface area contributed by atoms with Gasteiger partial charge in [0.2, 0.25) is 15.9 Å². The number of hydrogen-bond donors (Lipinski definition) is 0. The van der Waals surface area contributed by atoms with Gasteiger partial charge in [0.25, 0.3) is 0 Å². The lowest BCUT2D eigenvalue weighted by atomic mass is 9.96. The largest absolute Gasteiger partial charge is 0.376 e. The Morgan fingerprint density at radius 3 is 2.68 bits per heavy atom. The molecule has 37 heavy (non-hydrogen) atoms. The maximum atomic E-state index is 14.2. The zero-order valence-electron chi connectivity index (χ0n) is 20.1. The van der Waals surface area contributed by atoms with E-state index in [9.17, 15) is 22.0 Å². The van der Waals surface area contributed by atoms with Crippen molar-refractivity contribution in [2.24, 2.45) is 5.92 Å². The third-order valence-corrected chi connectivity index (χ3v) is 10.3. The van der Waals surface area contributed by atoms with E-state index in [2.05, 4.69) is 0 Å². The van der Waals surface area contributed by atoms with Gasteiger partial charge in [0, 0.05) is 30.6 Å². The van der Waals surface area contributed by atoms with Gasteiger partial charge in [-0.2, -0.15) is 4.31 Å². The predicted molar refractivity (Wildman–Crippen MR) is 139 cm³/mol. The summed E-state index contributed by atoms with van der Waals surface area (Å²) in [6, 6.07) is 6.06. The molecular weight excluding hydrogens is 544 g/mol. The molecule has 0 N–H and O–H groups in total. The molecule has 12 heteroatoms. The van der Waals surface area contributed by atoms with E-state index in [1.807, 2.05) is 19.1 Å². The number of aromatic nitrogens is 1. The van der Waals surface area contributed by atoms with Crippen molar-refractivity contribution in [3.8, 4) is 0 Å². The quantitative estimate of drug-likeness (QED) is 0.410. The molecule has 1 unspecified atom stereocenters. The number of halogens is 3. The van der Waals surface area contributed by atoms with Gasteiger partial charge >= 0.3 is 0 Å². The Morgan fingerprint density at radius 1 is 1.22 bits per heavy atom. The monoisotopic (exact) mass is 569 g/mol. The van der Waals surface area contributed by atoms with E-state index in [-0.39, 0.29) is 37.9 Å². The number of nitrogens with zero attached hydrogens (tertiary/aromatic N) is 3. The lowest BCUT2D eigenvalue weighted by Crippen LogP contribution is -2.46. The van der Waals surface area contributed by atoms with Crippen molar-refractivity contribution in [3.63, 3.8) is 0 Å². The van der Waals surface area contributed by atoms with Crippen LogP contribution in [0.3, 0.4) is 0 Å². The summed E-state index contributed by atoms with van der Waals surface area (Å²) < 4.78 is 61.6. The van der Waals surface area contributed by atoms with Crippen LogP contribution in [-0.2, 0) is 19.6 Å². The summed E-state index contributed by atoms with van der Waals surface area (Å²) in [5.74, 6) is -2.43. The van der Waals surface area contributed by atoms with Gasteiger partial charge in [-0.3, -0.25) is 9.69 Å². The van der Waals surface area contributed by atoms with Gasteiger partial charge in [0.15, 0.2) is 5.13 Å². The first kappa shape index (κ1) is 26.4. The summed E-state index contributed by atoms with van der Waals surface area (Å²) in [7, 11) is -4.23. The topological polar surface area (TPSA) is 79.8 Å². The number of benzene rings is 2. The summed E-state index contributed by atoms with van der Waals surface area (Å²) in [5, 5.41) is 1.16. The summed E-state index contributed by atoms with van der Waals surface area (Å²) in [4.78, 5) is 19.5. The summed E-state index contributed by atoms with van der Waals surface area (Å²) in [6.07, 6.45) is 2.18. The Morgan fingerprint density at radius 2 is 1.97 bits per heavy atom. The number of carbonyl (C=O) groups excluding carboxylic acids is 1. The van der Waals surface area contributed by atoms with Crippen molar-refractivity contribution in [1.82, 2.24) is 9.29 Å². The van der Waals surface area contributed by atoms with Crippen LogP contribution in [-0.4, -0.2) is 56.0 Å². The molecular formula is C25H26ClF2N3O4S2. The number of sulfonamides is 1. The Bertz CT molecular complexity index is 1440. The fourth-order valence-electron chi connectivity index (χ4n) is 4.84. The molecule has 3 aromatic rings. The van der Waals surface area contributed by atoms with Crippen molar-refractivity contribution in [2.75, 3.05) is 31.1 Å². The smallest absolute Gasteiger partial charge is 0.246 e. The van der Waals surface area contributed by atoms with Crippen LogP contribution in [0.4, 0.5) is 13.9 Å². The van der Waals surface area contributed by atoms with Gasteiger partial charge in [0.1, 0.15) is 16.5 Å². The summed E-state index contributed by atoms with van der Waals surface area (Å²) in [6.45, 7) is 2.94. The van der Waals surface area contributed by atoms with E-state index in [0.717, 1.165) is 45.1 Å². The van der Waals surface area contributed by atoms with Gasteiger partial charge < -0.3 is 4.74 Å². The first-order valence-electron chi connectivity index (χ1n) is 12.1. The zero-order chi connectivity index (χ0) is 26.3. The van der Waals surface area contributed by atoms with Crippen molar-refractivity contribution in [3.05, 3.63) is 52.6 Å². The molecule has 2 aromatic carbocycles. The molecule has 2 fully saturated rings. The van der Waals surface area contributed by atoms with E-state index in [0.29, 0.717) is 29.4 Å². The minimum atomic E-state index is -4.23. The average molecular weight is 570 g/mol. The molecule has 1 amide bonds. The van der Waals surface area contributed by atoms with Crippen LogP contribution in [0.25, 0.3) is 10.2 Å². The van der Waals surface area contributed by atoms with Crippen LogP contribution in [0.15, 0.2) is 35.2 Å². The van der Waals surface area contributed by atoms with E-state index in [4.69, 9.17) is 21.3 Å². The van der Waals surface area contributed by atoms with Gasteiger partial charge in [-0.1, -0.05) is 22.9 Å². The van der Waals surface area contributed by atoms with Crippen LogP contribution in [0.5, 0.6) is 0 Å². The molecule has 0 bridgehead atoms. The number of fused-ring (bicyclic) bond motifs is 1. The predicted octanol–water partition coefficient (Wildman–Crippen LogP) is 5.15. The fraction of sp³-hybridized carbons (Fsp3) is 0.440. The highest BCUT2D eigenvalue weighted by Gasteiger charge is 2.37. The Hall–Kier alpha value is -2.18. The summed E-state index contributed by atoms with van der Waals surface area (Å²) in [5.41, 5.74) is 1.59. The van der Waals surface area contributed by atoms with Crippen molar-refractivity contribution in [1.29, 1.82) is 0 Å². The highest BCUT2D eigenvalue weighted by Crippen LogP contribution is 2.36. The Kier molecular flexibility index (Phi) is 7.52.